The van der Waals surface area contributed by atoms with Gasteiger partial charge in [-0.15, -0.1) is 9.24 Å². The molecule has 1 heteroatoms. The first-order valence-corrected chi connectivity index (χ1v) is 6.78. The third-order valence-corrected chi connectivity index (χ3v) is 4.79. The van der Waals surface area contributed by atoms with E-state index in [1.807, 2.05) is 0 Å². The molecule has 0 aromatic rings. The van der Waals surface area contributed by atoms with Crippen molar-refractivity contribution < 1.29 is 0 Å². The van der Waals surface area contributed by atoms with Crippen LogP contribution in [0.2, 0.25) is 0 Å². The molecule has 3 atom stereocenters. The predicted molar refractivity (Wildman–Crippen MR) is 62.0 cm³/mol. The van der Waals surface area contributed by atoms with Crippen LogP contribution in [0, 0.1) is 11.8 Å². The first-order chi connectivity index (χ1) is 6.36. The van der Waals surface area contributed by atoms with E-state index in [4.69, 9.17) is 0 Å². The van der Waals surface area contributed by atoms with Gasteiger partial charge in [0.1, 0.15) is 0 Å². The molecule has 76 valence electrons. The third-order valence-electron chi connectivity index (χ3n) is 4.12. The van der Waals surface area contributed by atoms with Crippen molar-refractivity contribution in [3.05, 3.63) is 0 Å². The van der Waals surface area contributed by atoms with Crippen molar-refractivity contribution in [2.24, 2.45) is 11.8 Å². The fraction of sp³-hybridized carbons (Fsp3) is 1.00. The van der Waals surface area contributed by atoms with Gasteiger partial charge >= 0.3 is 0 Å². The first kappa shape index (κ1) is 9.97. The number of hydrogen-bond acceptors (Lipinski definition) is 0. The summed E-state index contributed by atoms with van der Waals surface area (Å²) in [5.41, 5.74) is 0.936. The Labute approximate surface area is 85.1 Å². The summed E-state index contributed by atoms with van der Waals surface area (Å²) in [7, 11) is 3.03. The fourth-order valence-corrected chi connectivity index (χ4v) is 3.69. The summed E-state index contributed by atoms with van der Waals surface area (Å²) in [6, 6.07) is 0. The average Bonchev–Trinajstić information content (AvgIpc) is 2.56. The van der Waals surface area contributed by atoms with Crippen LogP contribution in [-0.2, 0) is 0 Å². The highest BCUT2D eigenvalue weighted by Gasteiger charge is 2.26. The fourth-order valence-electron chi connectivity index (χ4n) is 3.26. The zero-order valence-electron chi connectivity index (χ0n) is 8.67. The molecule has 0 amide bonds. The van der Waals surface area contributed by atoms with Crippen molar-refractivity contribution >= 4 is 9.24 Å². The van der Waals surface area contributed by atoms with Crippen molar-refractivity contribution in [2.75, 3.05) is 0 Å². The van der Waals surface area contributed by atoms with Gasteiger partial charge in [-0.2, -0.15) is 0 Å². The minimum absolute atomic E-state index is 0.936. The summed E-state index contributed by atoms with van der Waals surface area (Å²) in [6.45, 7) is 0. The van der Waals surface area contributed by atoms with E-state index in [2.05, 4.69) is 9.24 Å². The molecule has 0 spiro atoms. The quantitative estimate of drug-likeness (QED) is 0.441. The second-order valence-electron chi connectivity index (χ2n) is 5.07. The Hall–Kier alpha value is 0.430. The standard InChI is InChI=1S/C12H23P/c13-12-7-3-6-11(8-9-12)10-4-1-2-5-10/h10-12H,1-9,13H2. The van der Waals surface area contributed by atoms with Crippen LogP contribution in [0.1, 0.15) is 57.8 Å². The molecule has 0 aliphatic heterocycles. The van der Waals surface area contributed by atoms with E-state index >= 15 is 0 Å². The maximum atomic E-state index is 3.03. The Morgan fingerprint density at radius 1 is 0.615 bits per heavy atom. The predicted octanol–water partition coefficient (Wildman–Crippen LogP) is 4.00. The van der Waals surface area contributed by atoms with Crippen LogP contribution in [0.5, 0.6) is 0 Å². The maximum Gasteiger partial charge on any atom is -0.0264 e. The average molecular weight is 198 g/mol. The Balaban J connectivity index is 1.84. The molecular formula is C12H23P. The van der Waals surface area contributed by atoms with Crippen LogP contribution < -0.4 is 0 Å². The Morgan fingerprint density at radius 2 is 1.23 bits per heavy atom. The molecule has 0 radical (unpaired) electrons. The van der Waals surface area contributed by atoms with Gasteiger partial charge in [0.25, 0.3) is 0 Å². The molecule has 13 heavy (non-hydrogen) atoms. The molecule has 0 aromatic heterocycles. The smallest absolute Gasteiger partial charge is 0.0264 e. The molecule has 0 bridgehead atoms. The SMILES string of the molecule is PC1CCCC(C2CCCC2)CC1. The molecule has 2 aliphatic carbocycles. The van der Waals surface area contributed by atoms with Crippen LogP contribution in [-0.4, -0.2) is 5.66 Å². The van der Waals surface area contributed by atoms with E-state index < -0.39 is 0 Å². The van der Waals surface area contributed by atoms with Gasteiger partial charge in [-0.1, -0.05) is 38.5 Å². The topological polar surface area (TPSA) is 0 Å². The normalized spacial score (nSPS) is 37.6. The minimum Gasteiger partial charge on any atom is -0.134 e. The second kappa shape index (κ2) is 4.78. The third kappa shape index (κ3) is 2.69. The van der Waals surface area contributed by atoms with Gasteiger partial charge in [-0.3, -0.25) is 0 Å². The molecule has 2 fully saturated rings. The molecule has 3 unspecified atom stereocenters. The lowest BCUT2D eigenvalue weighted by Gasteiger charge is -2.21. The summed E-state index contributed by atoms with van der Waals surface area (Å²) in [5.74, 6) is 2.23. The second-order valence-corrected chi connectivity index (χ2v) is 6.02. The van der Waals surface area contributed by atoms with Crippen LogP contribution >= 0.6 is 9.24 Å². The van der Waals surface area contributed by atoms with E-state index in [1.54, 1.807) is 12.8 Å². The largest absolute Gasteiger partial charge is 0.134 e. The molecule has 0 saturated heterocycles. The monoisotopic (exact) mass is 198 g/mol. The van der Waals surface area contributed by atoms with Crippen molar-refractivity contribution in [2.45, 2.75) is 63.4 Å². The highest BCUT2D eigenvalue weighted by molar-refractivity contribution is 7.17. The van der Waals surface area contributed by atoms with Crippen LogP contribution in [0.15, 0.2) is 0 Å². The molecule has 0 N–H and O–H groups in total. The molecule has 0 aromatic carbocycles. The van der Waals surface area contributed by atoms with Crippen molar-refractivity contribution in [1.29, 1.82) is 0 Å². The number of hydrogen-bond donors (Lipinski definition) is 0. The van der Waals surface area contributed by atoms with Gasteiger partial charge in [-0.05, 0) is 36.8 Å². The van der Waals surface area contributed by atoms with Crippen molar-refractivity contribution in [3.8, 4) is 0 Å². The zero-order valence-corrected chi connectivity index (χ0v) is 9.83. The van der Waals surface area contributed by atoms with Gasteiger partial charge < -0.3 is 0 Å². The molecule has 2 rings (SSSR count). The molecule has 2 aliphatic rings. The number of rotatable bonds is 1. The van der Waals surface area contributed by atoms with E-state index in [-0.39, 0.29) is 0 Å². The van der Waals surface area contributed by atoms with Crippen LogP contribution in [0.4, 0.5) is 0 Å². The van der Waals surface area contributed by atoms with Crippen molar-refractivity contribution in [1.82, 2.24) is 0 Å². The lowest BCUT2D eigenvalue weighted by molar-refractivity contribution is 0.304. The summed E-state index contributed by atoms with van der Waals surface area (Å²) in [5, 5.41) is 0. The summed E-state index contributed by atoms with van der Waals surface area (Å²) < 4.78 is 0. The van der Waals surface area contributed by atoms with E-state index in [9.17, 15) is 0 Å². The molecule has 0 nitrogen and oxygen atoms in total. The maximum absolute atomic E-state index is 3.03. The van der Waals surface area contributed by atoms with E-state index in [0.717, 1.165) is 17.5 Å². The Kier molecular flexibility index (Phi) is 3.66. The van der Waals surface area contributed by atoms with Crippen LogP contribution in [0.25, 0.3) is 0 Å². The highest BCUT2D eigenvalue weighted by atomic mass is 31.0. The van der Waals surface area contributed by atoms with E-state index in [0.29, 0.717) is 0 Å². The van der Waals surface area contributed by atoms with E-state index in [1.165, 1.54) is 44.9 Å². The molecule has 0 heterocycles. The van der Waals surface area contributed by atoms with Crippen LogP contribution in [0.3, 0.4) is 0 Å². The highest BCUT2D eigenvalue weighted by Crippen LogP contribution is 2.39. The summed E-state index contributed by atoms with van der Waals surface area (Å²) in [4.78, 5) is 0. The minimum atomic E-state index is 0.936. The molecule has 2 saturated carbocycles. The molecular weight excluding hydrogens is 175 g/mol. The Morgan fingerprint density at radius 3 is 2.00 bits per heavy atom. The van der Waals surface area contributed by atoms with Gasteiger partial charge in [0, 0.05) is 0 Å². The lowest BCUT2D eigenvalue weighted by atomic mass is 9.85. The van der Waals surface area contributed by atoms with Gasteiger partial charge in [0.05, 0.1) is 0 Å². The van der Waals surface area contributed by atoms with Crippen molar-refractivity contribution in [3.63, 3.8) is 0 Å². The van der Waals surface area contributed by atoms with Gasteiger partial charge in [0.2, 0.25) is 0 Å². The Bertz CT molecular complexity index is 149. The lowest BCUT2D eigenvalue weighted by Crippen LogP contribution is -2.10. The zero-order chi connectivity index (χ0) is 9.10. The van der Waals surface area contributed by atoms with Gasteiger partial charge in [-0.25, -0.2) is 0 Å². The summed E-state index contributed by atoms with van der Waals surface area (Å²) >= 11 is 0. The van der Waals surface area contributed by atoms with Gasteiger partial charge in [0.15, 0.2) is 0 Å². The summed E-state index contributed by atoms with van der Waals surface area (Å²) in [6.07, 6.45) is 13.6. The first-order valence-electron chi connectivity index (χ1n) is 6.12.